The molecule has 84 valence electrons. The molecule has 0 radical (unpaired) electrons. The van der Waals surface area contributed by atoms with Gasteiger partial charge in [0.25, 0.3) is 0 Å². The lowest BCUT2D eigenvalue weighted by molar-refractivity contribution is 0.907. The Hall–Kier alpha value is -0.940. The normalized spacial score (nSPS) is 16.9. The fourth-order valence-electron chi connectivity index (χ4n) is 1.82. The number of rotatable bonds is 1. The van der Waals surface area contributed by atoms with Gasteiger partial charge in [0.2, 0.25) is 0 Å². The predicted molar refractivity (Wildman–Crippen MR) is 73.5 cm³/mol. The van der Waals surface area contributed by atoms with Gasteiger partial charge < -0.3 is 5.73 Å². The number of fused-ring (bicyclic) bond motifs is 1. The lowest BCUT2D eigenvalue weighted by Crippen LogP contribution is -2.27. The van der Waals surface area contributed by atoms with E-state index in [2.05, 4.69) is 44.7 Å². The first-order valence-corrected chi connectivity index (χ1v) is 6.23. The van der Waals surface area contributed by atoms with Gasteiger partial charge in [-0.05, 0) is 48.3 Å². The molecule has 0 amide bonds. The Bertz CT molecular complexity index is 457. The summed E-state index contributed by atoms with van der Waals surface area (Å²) < 4.78 is 1.13. The SMILES string of the molecule is NC(=S)NN=C1CCc2cc(Br)ccc2C1. The number of thiocarbonyl (C=S) groups is 1. The van der Waals surface area contributed by atoms with Crippen molar-refractivity contribution in [2.75, 3.05) is 0 Å². The first-order chi connectivity index (χ1) is 7.65. The maximum absolute atomic E-state index is 5.33. The Balaban J connectivity index is 2.15. The first-order valence-electron chi connectivity index (χ1n) is 5.03. The minimum absolute atomic E-state index is 0.217. The van der Waals surface area contributed by atoms with Crippen LogP contribution in [-0.4, -0.2) is 10.8 Å². The number of nitrogens with zero attached hydrogens (tertiary/aromatic N) is 1. The van der Waals surface area contributed by atoms with Crippen LogP contribution >= 0.6 is 28.1 Å². The number of hydrogen-bond acceptors (Lipinski definition) is 2. The zero-order valence-corrected chi connectivity index (χ0v) is 11.1. The van der Waals surface area contributed by atoms with Crippen LogP contribution in [0, 0.1) is 0 Å². The molecule has 0 saturated heterocycles. The molecule has 1 aliphatic carbocycles. The Morgan fingerprint density at radius 3 is 2.94 bits per heavy atom. The molecule has 0 bridgehead atoms. The fourth-order valence-corrected chi connectivity index (χ4v) is 2.27. The second-order valence-corrected chi connectivity index (χ2v) is 5.10. The van der Waals surface area contributed by atoms with Gasteiger partial charge in [-0.2, -0.15) is 5.10 Å². The monoisotopic (exact) mass is 297 g/mol. The molecule has 0 fully saturated rings. The maximum Gasteiger partial charge on any atom is 0.184 e. The van der Waals surface area contributed by atoms with Crippen LogP contribution in [-0.2, 0) is 12.8 Å². The molecule has 0 aromatic heterocycles. The van der Waals surface area contributed by atoms with Gasteiger partial charge in [0.05, 0.1) is 0 Å². The van der Waals surface area contributed by atoms with Gasteiger partial charge in [-0.1, -0.05) is 22.0 Å². The summed E-state index contributed by atoms with van der Waals surface area (Å²) >= 11 is 8.19. The van der Waals surface area contributed by atoms with Crippen molar-refractivity contribution in [3.63, 3.8) is 0 Å². The zero-order chi connectivity index (χ0) is 11.5. The van der Waals surface area contributed by atoms with Crippen molar-refractivity contribution in [3.05, 3.63) is 33.8 Å². The average Bonchev–Trinajstić information content (AvgIpc) is 2.26. The lowest BCUT2D eigenvalue weighted by Gasteiger charge is -2.17. The predicted octanol–water partition coefficient (Wildman–Crippen LogP) is 2.13. The molecular weight excluding hydrogens is 286 g/mol. The molecule has 0 saturated carbocycles. The summed E-state index contributed by atoms with van der Waals surface area (Å²) in [6, 6.07) is 6.37. The summed E-state index contributed by atoms with van der Waals surface area (Å²) in [6.45, 7) is 0. The van der Waals surface area contributed by atoms with Crippen molar-refractivity contribution in [1.82, 2.24) is 5.43 Å². The number of nitrogens with two attached hydrogens (primary N) is 1. The van der Waals surface area contributed by atoms with Gasteiger partial charge in [0.15, 0.2) is 5.11 Å². The smallest absolute Gasteiger partial charge is 0.184 e. The minimum atomic E-state index is 0.217. The average molecular weight is 298 g/mol. The van der Waals surface area contributed by atoms with Crippen LogP contribution < -0.4 is 11.2 Å². The third-order valence-corrected chi connectivity index (χ3v) is 3.15. The molecule has 1 aromatic rings. The van der Waals surface area contributed by atoms with Gasteiger partial charge in [0, 0.05) is 16.6 Å². The summed E-state index contributed by atoms with van der Waals surface area (Å²) in [4.78, 5) is 0. The van der Waals surface area contributed by atoms with Gasteiger partial charge in [-0.25, -0.2) is 0 Å². The Morgan fingerprint density at radius 2 is 2.19 bits per heavy atom. The summed E-state index contributed by atoms with van der Waals surface area (Å²) in [5.74, 6) is 0. The van der Waals surface area contributed by atoms with Crippen molar-refractivity contribution in [3.8, 4) is 0 Å². The van der Waals surface area contributed by atoms with E-state index in [1.807, 2.05) is 0 Å². The fraction of sp³-hybridized carbons (Fsp3) is 0.273. The molecule has 1 aliphatic rings. The minimum Gasteiger partial charge on any atom is -0.375 e. The van der Waals surface area contributed by atoms with E-state index in [0.29, 0.717) is 0 Å². The highest BCUT2D eigenvalue weighted by atomic mass is 79.9. The second kappa shape index (κ2) is 4.93. The molecule has 3 nitrogen and oxygen atoms in total. The van der Waals surface area contributed by atoms with Crippen LogP contribution in [0.4, 0.5) is 0 Å². The molecule has 1 aromatic carbocycles. The van der Waals surface area contributed by atoms with Crippen molar-refractivity contribution in [1.29, 1.82) is 0 Å². The van der Waals surface area contributed by atoms with Crippen molar-refractivity contribution in [2.24, 2.45) is 10.8 Å². The van der Waals surface area contributed by atoms with E-state index in [4.69, 9.17) is 18.0 Å². The topological polar surface area (TPSA) is 50.4 Å². The highest BCUT2D eigenvalue weighted by Crippen LogP contribution is 2.23. The van der Waals surface area contributed by atoms with E-state index < -0.39 is 0 Å². The number of hydrogen-bond donors (Lipinski definition) is 2. The number of hydrazone groups is 1. The third-order valence-electron chi connectivity index (χ3n) is 2.57. The van der Waals surface area contributed by atoms with Crippen LogP contribution in [0.3, 0.4) is 0 Å². The van der Waals surface area contributed by atoms with Gasteiger partial charge >= 0.3 is 0 Å². The van der Waals surface area contributed by atoms with Crippen LogP contribution in [0.15, 0.2) is 27.8 Å². The van der Waals surface area contributed by atoms with Gasteiger partial charge in [-0.15, -0.1) is 0 Å². The zero-order valence-electron chi connectivity index (χ0n) is 8.66. The van der Waals surface area contributed by atoms with Crippen LogP contribution in [0.25, 0.3) is 0 Å². The quantitative estimate of drug-likeness (QED) is 0.617. The van der Waals surface area contributed by atoms with Crippen LogP contribution in [0.1, 0.15) is 17.5 Å². The lowest BCUT2D eigenvalue weighted by atomic mass is 9.90. The van der Waals surface area contributed by atoms with Gasteiger partial charge in [0.1, 0.15) is 0 Å². The number of nitrogens with one attached hydrogen (secondary N) is 1. The summed E-state index contributed by atoms with van der Waals surface area (Å²) in [5, 5.41) is 4.41. The molecule has 3 N–H and O–H groups in total. The second-order valence-electron chi connectivity index (χ2n) is 3.74. The summed E-state index contributed by atoms with van der Waals surface area (Å²) in [5.41, 5.74) is 11.8. The Labute approximate surface area is 108 Å². The Kier molecular flexibility index (Phi) is 3.56. The molecule has 0 spiro atoms. The number of aryl methyl sites for hydroxylation is 1. The molecule has 5 heteroatoms. The molecular formula is C11H12BrN3S. The van der Waals surface area contributed by atoms with Crippen LogP contribution in [0.2, 0.25) is 0 Å². The Morgan fingerprint density at radius 1 is 1.38 bits per heavy atom. The van der Waals surface area contributed by atoms with Gasteiger partial charge in [-0.3, -0.25) is 5.43 Å². The number of benzene rings is 1. The molecule has 16 heavy (non-hydrogen) atoms. The maximum atomic E-state index is 5.33. The van der Waals surface area contributed by atoms with E-state index in [-0.39, 0.29) is 5.11 Å². The van der Waals surface area contributed by atoms with Crippen LogP contribution in [0.5, 0.6) is 0 Å². The standard InChI is InChI=1S/C11H12BrN3S/c12-9-3-1-8-6-10(14-15-11(13)16)4-2-7(8)5-9/h1,3,5H,2,4,6H2,(H3,13,15,16). The van der Waals surface area contributed by atoms with Crippen molar-refractivity contribution < 1.29 is 0 Å². The van der Waals surface area contributed by atoms with E-state index in [1.54, 1.807) is 0 Å². The number of halogens is 1. The molecule has 0 unspecified atom stereocenters. The largest absolute Gasteiger partial charge is 0.375 e. The highest BCUT2D eigenvalue weighted by Gasteiger charge is 2.14. The van der Waals surface area contributed by atoms with E-state index >= 15 is 0 Å². The van der Waals surface area contributed by atoms with E-state index in [1.165, 1.54) is 11.1 Å². The van der Waals surface area contributed by atoms with Crippen molar-refractivity contribution >= 4 is 39.0 Å². The molecule has 2 rings (SSSR count). The summed E-state index contributed by atoms with van der Waals surface area (Å²) in [6.07, 6.45) is 2.85. The highest BCUT2D eigenvalue weighted by molar-refractivity contribution is 9.10. The molecule has 0 atom stereocenters. The summed E-state index contributed by atoms with van der Waals surface area (Å²) in [7, 11) is 0. The van der Waals surface area contributed by atoms with E-state index in [0.717, 1.165) is 29.4 Å². The van der Waals surface area contributed by atoms with Crippen molar-refractivity contribution in [2.45, 2.75) is 19.3 Å². The van der Waals surface area contributed by atoms with E-state index in [9.17, 15) is 0 Å². The first kappa shape index (κ1) is 11.5. The molecule has 0 aliphatic heterocycles. The molecule has 0 heterocycles. The third kappa shape index (κ3) is 2.80.